The number of fused-ring (bicyclic) bond motifs is 1. The Hall–Kier alpha value is -4.24. The number of aromatic nitrogens is 3. The number of amides is 3. The van der Waals surface area contributed by atoms with E-state index in [1.165, 1.54) is 6.07 Å². The molecule has 10 heteroatoms. The standard InChI is InChI=1S/C24H18ClFN6O2/c1-12-10-27-22(29-12)16-8-7-14(17-11-28-23(33)21(16)17)15-6-5-13(9-18(15)26)30-24(34)32-20-4-2-3-19(25)31-20/h2-10H,11H2,1H3,(H,27,29)(H,28,33)(H2,30,31,32,34). The number of rotatable bonds is 4. The Labute approximate surface area is 198 Å². The van der Waals surface area contributed by atoms with Gasteiger partial charge in [-0.25, -0.2) is 19.2 Å². The molecule has 0 fully saturated rings. The SMILES string of the molecule is Cc1cnc(-c2ccc(-c3ccc(NC(=O)Nc4cccc(Cl)n4)cc3F)c3c2C(=O)NC3)[nH]1. The van der Waals surface area contributed by atoms with Crippen LogP contribution >= 0.6 is 11.6 Å². The lowest BCUT2D eigenvalue weighted by molar-refractivity contribution is 0.0966. The first-order valence-corrected chi connectivity index (χ1v) is 10.7. The number of H-pyrrole nitrogens is 1. The van der Waals surface area contributed by atoms with Crippen molar-refractivity contribution in [3.8, 4) is 22.5 Å². The Balaban J connectivity index is 1.43. The fourth-order valence-electron chi connectivity index (χ4n) is 3.91. The molecule has 3 amide bonds. The van der Waals surface area contributed by atoms with Crippen LogP contribution in [0.1, 0.15) is 21.6 Å². The van der Waals surface area contributed by atoms with E-state index in [-0.39, 0.29) is 29.1 Å². The first-order valence-electron chi connectivity index (χ1n) is 10.4. The molecule has 4 aromatic rings. The highest BCUT2D eigenvalue weighted by atomic mass is 35.5. The summed E-state index contributed by atoms with van der Waals surface area (Å²) in [6.45, 7) is 2.16. The van der Waals surface area contributed by atoms with Crippen LogP contribution in [0.5, 0.6) is 0 Å². The predicted octanol–water partition coefficient (Wildman–Crippen LogP) is 5.13. The van der Waals surface area contributed by atoms with E-state index in [2.05, 4.69) is 30.9 Å². The number of aryl methyl sites for hydroxylation is 1. The molecule has 0 unspecified atom stereocenters. The highest BCUT2D eigenvalue weighted by Gasteiger charge is 2.28. The van der Waals surface area contributed by atoms with Gasteiger partial charge in [-0.05, 0) is 54.4 Å². The molecule has 1 aliphatic rings. The first-order chi connectivity index (χ1) is 16.4. The molecular weight excluding hydrogens is 459 g/mol. The van der Waals surface area contributed by atoms with Crippen LogP contribution in [0.3, 0.4) is 0 Å². The molecule has 0 spiro atoms. The van der Waals surface area contributed by atoms with E-state index in [1.807, 2.05) is 6.92 Å². The Morgan fingerprint density at radius 2 is 1.88 bits per heavy atom. The zero-order valence-corrected chi connectivity index (χ0v) is 18.6. The second-order valence-electron chi connectivity index (χ2n) is 7.73. The van der Waals surface area contributed by atoms with Gasteiger partial charge in [-0.1, -0.05) is 23.7 Å². The number of halogens is 2. The molecule has 2 aromatic carbocycles. The molecule has 0 radical (unpaired) electrons. The van der Waals surface area contributed by atoms with Crippen molar-refractivity contribution in [3.63, 3.8) is 0 Å². The summed E-state index contributed by atoms with van der Waals surface area (Å²) in [6, 6.07) is 12.1. The van der Waals surface area contributed by atoms with Gasteiger partial charge in [0, 0.05) is 35.2 Å². The quantitative estimate of drug-likeness (QED) is 0.306. The number of hydrogen-bond acceptors (Lipinski definition) is 4. The summed E-state index contributed by atoms with van der Waals surface area (Å²) >= 11 is 5.82. The Kier molecular flexibility index (Phi) is 5.46. The van der Waals surface area contributed by atoms with Crippen LogP contribution in [0, 0.1) is 12.7 Å². The van der Waals surface area contributed by atoms with E-state index in [9.17, 15) is 9.59 Å². The molecule has 3 heterocycles. The molecule has 0 saturated carbocycles. The second kappa shape index (κ2) is 8.60. The molecule has 0 saturated heterocycles. The highest BCUT2D eigenvalue weighted by molar-refractivity contribution is 6.29. The minimum absolute atomic E-state index is 0.231. The number of urea groups is 1. The highest BCUT2D eigenvalue weighted by Crippen LogP contribution is 2.36. The van der Waals surface area contributed by atoms with Gasteiger partial charge in [0.15, 0.2) is 0 Å². The summed E-state index contributed by atoms with van der Waals surface area (Å²) in [7, 11) is 0. The molecular formula is C24H18ClFN6O2. The number of anilines is 2. The van der Waals surface area contributed by atoms with E-state index in [0.717, 1.165) is 5.69 Å². The van der Waals surface area contributed by atoms with Gasteiger partial charge in [-0.2, -0.15) is 0 Å². The number of nitrogens with zero attached hydrogens (tertiary/aromatic N) is 2. The van der Waals surface area contributed by atoms with Crippen LogP contribution in [0.4, 0.5) is 20.7 Å². The minimum Gasteiger partial charge on any atom is -0.348 e. The third-order valence-corrected chi connectivity index (χ3v) is 5.61. The van der Waals surface area contributed by atoms with Crippen molar-refractivity contribution >= 4 is 35.0 Å². The Morgan fingerprint density at radius 3 is 2.62 bits per heavy atom. The molecule has 0 aliphatic carbocycles. The molecule has 34 heavy (non-hydrogen) atoms. The molecule has 0 atom stereocenters. The van der Waals surface area contributed by atoms with Crippen molar-refractivity contribution in [1.82, 2.24) is 20.3 Å². The van der Waals surface area contributed by atoms with Crippen LogP contribution < -0.4 is 16.0 Å². The molecule has 5 rings (SSSR count). The van der Waals surface area contributed by atoms with Crippen LogP contribution in [-0.2, 0) is 6.54 Å². The lowest BCUT2D eigenvalue weighted by Crippen LogP contribution is -2.20. The monoisotopic (exact) mass is 476 g/mol. The van der Waals surface area contributed by atoms with Crippen molar-refractivity contribution in [2.24, 2.45) is 0 Å². The average molecular weight is 477 g/mol. The first kappa shape index (κ1) is 21.6. The maximum Gasteiger partial charge on any atom is 0.324 e. The summed E-state index contributed by atoms with van der Waals surface area (Å²) < 4.78 is 15.1. The number of pyridine rings is 1. The fraction of sp³-hybridized carbons (Fsp3) is 0.0833. The van der Waals surface area contributed by atoms with Gasteiger partial charge in [0.2, 0.25) is 0 Å². The Morgan fingerprint density at radius 1 is 1.09 bits per heavy atom. The van der Waals surface area contributed by atoms with Gasteiger partial charge < -0.3 is 15.6 Å². The van der Waals surface area contributed by atoms with Gasteiger partial charge in [0.25, 0.3) is 5.91 Å². The second-order valence-corrected chi connectivity index (χ2v) is 8.12. The zero-order valence-electron chi connectivity index (χ0n) is 17.9. The van der Waals surface area contributed by atoms with E-state index in [0.29, 0.717) is 33.6 Å². The maximum atomic E-state index is 15.1. The summed E-state index contributed by atoms with van der Waals surface area (Å²) in [5.74, 6) is 0.0759. The summed E-state index contributed by atoms with van der Waals surface area (Å²) in [5, 5.41) is 8.16. The van der Waals surface area contributed by atoms with Gasteiger partial charge in [0.1, 0.15) is 22.6 Å². The van der Waals surface area contributed by atoms with E-state index < -0.39 is 11.8 Å². The number of aromatic amines is 1. The molecule has 0 bridgehead atoms. The van der Waals surface area contributed by atoms with Crippen molar-refractivity contribution in [2.45, 2.75) is 13.5 Å². The number of carbonyl (C=O) groups excluding carboxylic acids is 2. The minimum atomic E-state index is -0.587. The van der Waals surface area contributed by atoms with Crippen LogP contribution in [0.25, 0.3) is 22.5 Å². The number of imidazole rings is 1. The molecule has 1 aliphatic heterocycles. The summed E-state index contributed by atoms with van der Waals surface area (Å²) in [5.41, 5.74) is 3.87. The maximum absolute atomic E-state index is 15.1. The number of benzene rings is 2. The van der Waals surface area contributed by atoms with Crippen molar-refractivity contribution in [2.75, 3.05) is 10.6 Å². The van der Waals surface area contributed by atoms with Crippen molar-refractivity contribution in [1.29, 1.82) is 0 Å². The zero-order chi connectivity index (χ0) is 23.8. The van der Waals surface area contributed by atoms with Gasteiger partial charge in [0.05, 0.1) is 5.56 Å². The van der Waals surface area contributed by atoms with Gasteiger partial charge >= 0.3 is 6.03 Å². The van der Waals surface area contributed by atoms with Crippen LogP contribution in [-0.4, -0.2) is 26.9 Å². The number of hydrogen-bond donors (Lipinski definition) is 4. The number of nitrogens with one attached hydrogen (secondary N) is 4. The normalized spacial score (nSPS) is 12.3. The van der Waals surface area contributed by atoms with Crippen molar-refractivity contribution < 1.29 is 14.0 Å². The summed E-state index contributed by atoms with van der Waals surface area (Å²) in [4.78, 5) is 36.2. The van der Waals surface area contributed by atoms with E-state index >= 15 is 4.39 Å². The topological polar surface area (TPSA) is 112 Å². The van der Waals surface area contributed by atoms with Crippen LogP contribution in [0.15, 0.2) is 54.7 Å². The lowest BCUT2D eigenvalue weighted by Gasteiger charge is -2.13. The number of carbonyl (C=O) groups is 2. The van der Waals surface area contributed by atoms with Crippen LogP contribution in [0.2, 0.25) is 5.15 Å². The van der Waals surface area contributed by atoms with Gasteiger partial charge in [-0.3, -0.25) is 10.1 Å². The summed E-state index contributed by atoms with van der Waals surface area (Å²) in [6.07, 6.45) is 1.69. The van der Waals surface area contributed by atoms with Gasteiger partial charge in [-0.15, -0.1) is 0 Å². The Bertz CT molecular complexity index is 1450. The molecule has 170 valence electrons. The lowest BCUT2D eigenvalue weighted by atomic mass is 9.92. The fourth-order valence-corrected chi connectivity index (χ4v) is 4.08. The molecule has 2 aromatic heterocycles. The third-order valence-electron chi connectivity index (χ3n) is 5.40. The average Bonchev–Trinajstić information content (AvgIpc) is 3.40. The van der Waals surface area contributed by atoms with E-state index in [4.69, 9.17) is 11.6 Å². The largest absolute Gasteiger partial charge is 0.348 e. The third kappa shape index (κ3) is 4.08. The molecule has 8 nitrogen and oxygen atoms in total. The predicted molar refractivity (Wildman–Crippen MR) is 127 cm³/mol. The van der Waals surface area contributed by atoms with E-state index in [1.54, 1.807) is 48.7 Å². The van der Waals surface area contributed by atoms with Crippen molar-refractivity contribution in [3.05, 3.63) is 82.5 Å². The smallest absolute Gasteiger partial charge is 0.324 e. The molecule has 4 N–H and O–H groups in total.